The number of carbonyl (C=O) groups excluding carboxylic acids is 1. The van der Waals surface area contributed by atoms with Crippen molar-refractivity contribution in [3.63, 3.8) is 0 Å². The van der Waals surface area contributed by atoms with Crippen molar-refractivity contribution in [2.24, 2.45) is 0 Å². The molecule has 0 aromatic rings. The number of hydrogen-bond acceptors (Lipinski definition) is 3. The minimum absolute atomic E-state index is 0.0216. The molecule has 0 spiro atoms. The van der Waals surface area contributed by atoms with Crippen LogP contribution in [0.25, 0.3) is 0 Å². The molecule has 4 heteroatoms. The quantitative estimate of drug-likeness (QED) is 0.0534. The lowest BCUT2D eigenvalue weighted by molar-refractivity contribution is -0.123. The van der Waals surface area contributed by atoms with Crippen molar-refractivity contribution >= 4 is 5.91 Å². The predicted octanol–water partition coefficient (Wildman–Crippen LogP) is 18.8. The van der Waals surface area contributed by atoms with Crippen LogP contribution in [0.15, 0.2) is 0 Å². The molecule has 0 aromatic carbocycles. The second kappa shape index (κ2) is 53.7. The van der Waals surface area contributed by atoms with Crippen LogP contribution in [0.3, 0.4) is 0 Å². The summed E-state index contributed by atoms with van der Waals surface area (Å²) in [5, 5.41) is 23.4. The lowest BCUT2D eigenvalue weighted by atomic mass is 10.0. The molecule has 0 rings (SSSR count). The topological polar surface area (TPSA) is 69.6 Å². The number of aliphatic hydroxyl groups excluding tert-OH is 2. The molecule has 2 unspecified atom stereocenters. The third-order valence-corrected chi connectivity index (χ3v) is 13.9. The van der Waals surface area contributed by atoms with E-state index in [1.807, 2.05) is 0 Å². The summed E-state index contributed by atoms with van der Waals surface area (Å²) in [5.41, 5.74) is 0. The molecule has 0 aromatic heterocycles. The van der Waals surface area contributed by atoms with Gasteiger partial charge >= 0.3 is 0 Å². The molecule has 0 fully saturated rings. The molecule has 3 N–H and O–H groups in total. The van der Waals surface area contributed by atoms with E-state index in [1.165, 1.54) is 289 Å². The summed E-state index contributed by atoms with van der Waals surface area (Å²) < 4.78 is 0. The molecule has 366 valence electrons. The summed E-state index contributed by atoms with van der Waals surface area (Å²) in [7, 11) is 0. The Morgan fingerprint density at radius 3 is 0.738 bits per heavy atom. The molecule has 0 saturated heterocycles. The summed E-state index contributed by atoms with van der Waals surface area (Å²) in [5.74, 6) is -0.0216. The number of rotatable bonds is 54. The van der Waals surface area contributed by atoms with Gasteiger partial charge in [0.15, 0.2) is 0 Å². The summed E-state index contributed by atoms with van der Waals surface area (Å²) >= 11 is 0. The monoisotopic (exact) mass is 862 g/mol. The number of unbranched alkanes of at least 4 members (excludes halogenated alkanes) is 47. The highest BCUT2D eigenvalue weighted by Crippen LogP contribution is 2.19. The van der Waals surface area contributed by atoms with Crippen molar-refractivity contribution in [1.82, 2.24) is 5.32 Å². The van der Waals surface area contributed by atoms with Crippen LogP contribution in [0.5, 0.6) is 0 Å². The van der Waals surface area contributed by atoms with E-state index in [-0.39, 0.29) is 12.5 Å². The molecule has 0 bridgehead atoms. The van der Waals surface area contributed by atoms with Gasteiger partial charge < -0.3 is 15.5 Å². The standard InChI is InChI=1S/C57H115NO3/c1-3-5-7-9-11-13-15-17-19-21-23-25-27-28-29-31-32-34-36-38-40-42-44-46-48-50-52-56(60)55(54-59)58-57(61)53-51-49-47-45-43-41-39-37-35-33-30-26-24-22-20-18-16-14-12-10-8-6-4-2/h55-56,59-60H,3-54H2,1-2H3,(H,58,61). The van der Waals surface area contributed by atoms with Crippen LogP contribution in [0.1, 0.15) is 341 Å². The Morgan fingerprint density at radius 2 is 0.525 bits per heavy atom. The lowest BCUT2D eigenvalue weighted by Crippen LogP contribution is -2.45. The maximum absolute atomic E-state index is 12.5. The fraction of sp³-hybridized carbons (Fsp3) is 0.982. The number of amides is 1. The first-order valence-corrected chi connectivity index (χ1v) is 28.7. The number of aliphatic hydroxyl groups is 2. The highest BCUT2D eigenvalue weighted by molar-refractivity contribution is 5.76. The molecule has 0 saturated carbocycles. The number of hydrogen-bond donors (Lipinski definition) is 3. The first kappa shape index (κ1) is 60.4. The Hall–Kier alpha value is -0.610. The first-order valence-electron chi connectivity index (χ1n) is 28.7. The summed E-state index contributed by atoms with van der Waals surface area (Å²) in [6, 6.07) is -0.531. The fourth-order valence-electron chi connectivity index (χ4n) is 9.48. The molecule has 2 atom stereocenters. The van der Waals surface area contributed by atoms with Gasteiger partial charge in [-0.1, -0.05) is 322 Å². The lowest BCUT2D eigenvalue weighted by Gasteiger charge is -2.22. The van der Waals surface area contributed by atoms with E-state index in [4.69, 9.17) is 0 Å². The van der Waals surface area contributed by atoms with Gasteiger partial charge in [-0.15, -0.1) is 0 Å². The number of carbonyl (C=O) groups is 1. The van der Waals surface area contributed by atoms with Crippen LogP contribution in [-0.2, 0) is 4.79 Å². The Bertz CT molecular complexity index is 803. The van der Waals surface area contributed by atoms with E-state index >= 15 is 0 Å². The second-order valence-electron chi connectivity index (χ2n) is 20.1. The normalized spacial score (nSPS) is 12.7. The van der Waals surface area contributed by atoms with Gasteiger partial charge in [-0.05, 0) is 12.8 Å². The third-order valence-electron chi connectivity index (χ3n) is 13.9. The zero-order valence-corrected chi connectivity index (χ0v) is 42.2. The molecule has 4 nitrogen and oxygen atoms in total. The third kappa shape index (κ3) is 50.3. The minimum Gasteiger partial charge on any atom is -0.394 e. The van der Waals surface area contributed by atoms with Gasteiger partial charge in [0, 0.05) is 6.42 Å². The molecule has 0 aliphatic heterocycles. The average molecular weight is 863 g/mol. The van der Waals surface area contributed by atoms with Crippen LogP contribution in [-0.4, -0.2) is 34.9 Å². The predicted molar refractivity (Wildman–Crippen MR) is 272 cm³/mol. The average Bonchev–Trinajstić information content (AvgIpc) is 3.26. The molecule has 0 radical (unpaired) electrons. The van der Waals surface area contributed by atoms with E-state index in [0.717, 1.165) is 25.7 Å². The van der Waals surface area contributed by atoms with Gasteiger partial charge in [-0.3, -0.25) is 4.79 Å². The van der Waals surface area contributed by atoms with Crippen molar-refractivity contribution in [3.8, 4) is 0 Å². The highest BCUT2D eigenvalue weighted by Gasteiger charge is 2.20. The maximum Gasteiger partial charge on any atom is 0.220 e. The summed E-state index contributed by atoms with van der Waals surface area (Å²) in [6.07, 6.45) is 68.1. The van der Waals surface area contributed by atoms with Crippen LogP contribution < -0.4 is 5.32 Å². The summed E-state index contributed by atoms with van der Waals surface area (Å²) in [4.78, 5) is 12.5. The Balaban J connectivity index is 3.40. The molecule has 0 aliphatic carbocycles. The molecular weight excluding hydrogens is 747 g/mol. The van der Waals surface area contributed by atoms with E-state index in [0.29, 0.717) is 12.8 Å². The van der Waals surface area contributed by atoms with Gasteiger partial charge in [0.1, 0.15) is 0 Å². The van der Waals surface area contributed by atoms with Crippen molar-refractivity contribution in [1.29, 1.82) is 0 Å². The van der Waals surface area contributed by atoms with E-state index in [2.05, 4.69) is 19.2 Å². The smallest absolute Gasteiger partial charge is 0.220 e. The van der Waals surface area contributed by atoms with Crippen molar-refractivity contribution < 1.29 is 15.0 Å². The molecule has 0 aliphatic rings. The molecule has 61 heavy (non-hydrogen) atoms. The van der Waals surface area contributed by atoms with Gasteiger partial charge in [0.05, 0.1) is 18.8 Å². The Morgan fingerprint density at radius 1 is 0.328 bits per heavy atom. The van der Waals surface area contributed by atoms with Gasteiger partial charge in [-0.2, -0.15) is 0 Å². The van der Waals surface area contributed by atoms with Crippen molar-refractivity contribution in [2.45, 2.75) is 353 Å². The Labute approximate surface area is 384 Å². The fourth-order valence-corrected chi connectivity index (χ4v) is 9.48. The summed E-state index contributed by atoms with van der Waals surface area (Å²) in [6.45, 7) is 4.41. The molecule has 0 heterocycles. The van der Waals surface area contributed by atoms with Crippen LogP contribution in [0.2, 0.25) is 0 Å². The SMILES string of the molecule is CCCCCCCCCCCCCCCCCCCCCCCCCCCCC(O)C(CO)NC(=O)CCCCCCCCCCCCCCCCCCCCCCCCC. The van der Waals surface area contributed by atoms with Crippen LogP contribution >= 0.6 is 0 Å². The minimum atomic E-state index is -0.655. The van der Waals surface area contributed by atoms with E-state index in [1.54, 1.807) is 0 Å². The van der Waals surface area contributed by atoms with Gasteiger partial charge in [0.2, 0.25) is 5.91 Å². The van der Waals surface area contributed by atoms with Crippen LogP contribution in [0, 0.1) is 0 Å². The zero-order chi connectivity index (χ0) is 44.2. The maximum atomic E-state index is 12.5. The van der Waals surface area contributed by atoms with Gasteiger partial charge in [0.25, 0.3) is 0 Å². The van der Waals surface area contributed by atoms with Gasteiger partial charge in [-0.25, -0.2) is 0 Å². The molecular formula is C57H115NO3. The largest absolute Gasteiger partial charge is 0.394 e. The van der Waals surface area contributed by atoms with Crippen molar-refractivity contribution in [2.75, 3.05) is 6.61 Å². The second-order valence-corrected chi connectivity index (χ2v) is 20.1. The van der Waals surface area contributed by atoms with E-state index < -0.39 is 12.1 Å². The Kier molecular flexibility index (Phi) is 53.2. The zero-order valence-electron chi connectivity index (χ0n) is 42.2. The van der Waals surface area contributed by atoms with Crippen LogP contribution in [0.4, 0.5) is 0 Å². The first-order chi connectivity index (χ1) is 30.2. The highest BCUT2D eigenvalue weighted by atomic mass is 16.3. The number of nitrogens with one attached hydrogen (secondary N) is 1. The molecule has 1 amide bonds. The van der Waals surface area contributed by atoms with E-state index in [9.17, 15) is 15.0 Å². The van der Waals surface area contributed by atoms with Crippen molar-refractivity contribution in [3.05, 3.63) is 0 Å².